The first kappa shape index (κ1) is 18.7. The Kier molecular flexibility index (Phi) is 6.17. The molecular formula is C21H25ClN2O2. The van der Waals surface area contributed by atoms with E-state index in [9.17, 15) is 9.90 Å². The van der Waals surface area contributed by atoms with Gasteiger partial charge >= 0.3 is 0 Å². The molecule has 2 aromatic carbocycles. The maximum atomic E-state index is 12.8. The highest BCUT2D eigenvalue weighted by Crippen LogP contribution is 2.24. The van der Waals surface area contributed by atoms with Crippen molar-refractivity contribution in [2.75, 3.05) is 19.6 Å². The Morgan fingerprint density at radius 2 is 1.96 bits per heavy atom. The van der Waals surface area contributed by atoms with E-state index in [1.54, 1.807) is 12.1 Å². The predicted octanol–water partition coefficient (Wildman–Crippen LogP) is 3.71. The van der Waals surface area contributed by atoms with E-state index in [0.717, 1.165) is 30.6 Å². The van der Waals surface area contributed by atoms with Gasteiger partial charge in [-0.1, -0.05) is 48.9 Å². The molecule has 1 amide bonds. The fraction of sp³-hybridized carbons (Fsp3) is 0.381. The van der Waals surface area contributed by atoms with Crippen LogP contribution in [0.3, 0.4) is 0 Å². The van der Waals surface area contributed by atoms with E-state index in [-0.39, 0.29) is 17.7 Å². The molecule has 1 heterocycles. The third-order valence-electron chi connectivity index (χ3n) is 4.99. The third kappa shape index (κ3) is 4.57. The van der Waals surface area contributed by atoms with E-state index in [1.165, 1.54) is 0 Å². The summed E-state index contributed by atoms with van der Waals surface area (Å²) in [4.78, 5) is 17.0. The lowest BCUT2D eigenvalue weighted by Gasteiger charge is -2.41. The number of carbonyl (C=O) groups is 1. The van der Waals surface area contributed by atoms with E-state index in [1.807, 2.05) is 41.3 Å². The van der Waals surface area contributed by atoms with Gasteiger partial charge in [0.05, 0.1) is 6.42 Å². The van der Waals surface area contributed by atoms with Crippen LogP contribution in [0.1, 0.15) is 24.5 Å². The molecule has 4 nitrogen and oxygen atoms in total. The van der Waals surface area contributed by atoms with Crippen LogP contribution in [0.25, 0.3) is 0 Å². The summed E-state index contributed by atoms with van der Waals surface area (Å²) in [6.45, 7) is 5.08. The molecule has 0 radical (unpaired) electrons. The van der Waals surface area contributed by atoms with E-state index in [2.05, 4.69) is 11.8 Å². The van der Waals surface area contributed by atoms with Crippen LogP contribution in [0.2, 0.25) is 5.02 Å². The first-order valence-corrected chi connectivity index (χ1v) is 9.47. The second-order valence-electron chi connectivity index (χ2n) is 6.82. The summed E-state index contributed by atoms with van der Waals surface area (Å²) >= 11 is 6.05. The number of phenolic OH excluding ortho intramolecular Hbond substituents is 1. The van der Waals surface area contributed by atoms with E-state index < -0.39 is 0 Å². The van der Waals surface area contributed by atoms with Gasteiger partial charge in [-0.3, -0.25) is 9.69 Å². The molecule has 1 N–H and O–H groups in total. The van der Waals surface area contributed by atoms with Crippen molar-refractivity contribution in [3.63, 3.8) is 0 Å². The Morgan fingerprint density at radius 3 is 2.69 bits per heavy atom. The number of hydrogen-bond donors (Lipinski definition) is 1. The third-order valence-corrected chi connectivity index (χ3v) is 5.23. The van der Waals surface area contributed by atoms with Gasteiger partial charge < -0.3 is 10.0 Å². The summed E-state index contributed by atoms with van der Waals surface area (Å²) in [5.74, 6) is 0.457. The lowest BCUT2D eigenvalue weighted by Crippen LogP contribution is -2.55. The van der Waals surface area contributed by atoms with Gasteiger partial charge in [0, 0.05) is 42.8 Å². The van der Waals surface area contributed by atoms with Gasteiger partial charge in [-0.15, -0.1) is 0 Å². The summed E-state index contributed by atoms with van der Waals surface area (Å²) in [5, 5.41) is 10.7. The monoisotopic (exact) mass is 372 g/mol. The molecule has 0 aromatic heterocycles. The zero-order valence-electron chi connectivity index (χ0n) is 15.1. The first-order valence-electron chi connectivity index (χ1n) is 9.10. The van der Waals surface area contributed by atoms with Gasteiger partial charge in [0.15, 0.2) is 0 Å². The van der Waals surface area contributed by atoms with Gasteiger partial charge in [-0.25, -0.2) is 0 Å². The minimum absolute atomic E-state index is 0.188. The molecule has 5 heteroatoms. The highest BCUT2D eigenvalue weighted by molar-refractivity contribution is 6.30. The van der Waals surface area contributed by atoms with Crippen LogP contribution in [0.15, 0.2) is 48.5 Å². The van der Waals surface area contributed by atoms with Gasteiger partial charge in [-0.05, 0) is 30.2 Å². The van der Waals surface area contributed by atoms with Gasteiger partial charge in [0.1, 0.15) is 5.75 Å². The van der Waals surface area contributed by atoms with Crippen molar-refractivity contribution in [3.8, 4) is 5.75 Å². The summed E-state index contributed by atoms with van der Waals surface area (Å²) < 4.78 is 0. The van der Waals surface area contributed by atoms with E-state index in [0.29, 0.717) is 24.5 Å². The van der Waals surface area contributed by atoms with E-state index >= 15 is 0 Å². The standard InChI is InChI=1S/C21H25ClN2O2/c1-2-19-15-23(14-17-13-18(22)8-9-20(17)25)10-11-24(19)21(26)12-16-6-4-3-5-7-16/h3-9,13,19,25H,2,10-12,14-15H2,1H3/t19-/m0/s1. The van der Waals surface area contributed by atoms with Crippen molar-refractivity contribution < 1.29 is 9.90 Å². The SMILES string of the molecule is CC[C@H]1CN(Cc2cc(Cl)ccc2O)CCN1C(=O)Cc1ccccc1. The molecule has 2 aromatic rings. The minimum Gasteiger partial charge on any atom is -0.508 e. The first-order chi connectivity index (χ1) is 12.6. The Labute approximate surface area is 160 Å². The molecule has 0 spiro atoms. The average molecular weight is 373 g/mol. The van der Waals surface area contributed by atoms with Crippen molar-refractivity contribution in [3.05, 3.63) is 64.7 Å². The molecule has 1 fully saturated rings. The van der Waals surface area contributed by atoms with Crippen molar-refractivity contribution in [1.29, 1.82) is 0 Å². The smallest absolute Gasteiger partial charge is 0.227 e. The number of benzene rings is 2. The molecule has 1 atom stereocenters. The Hall–Kier alpha value is -2.04. The van der Waals surface area contributed by atoms with Crippen molar-refractivity contribution in [1.82, 2.24) is 9.80 Å². The number of halogens is 1. The van der Waals surface area contributed by atoms with Crippen LogP contribution in [0.4, 0.5) is 0 Å². The van der Waals surface area contributed by atoms with Crippen molar-refractivity contribution in [2.24, 2.45) is 0 Å². The van der Waals surface area contributed by atoms with Crippen LogP contribution in [0, 0.1) is 0 Å². The molecule has 3 rings (SSSR count). The number of rotatable bonds is 5. The zero-order chi connectivity index (χ0) is 18.5. The van der Waals surface area contributed by atoms with Crippen LogP contribution in [-0.2, 0) is 17.8 Å². The number of aromatic hydroxyl groups is 1. The van der Waals surface area contributed by atoms with E-state index in [4.69, 9.17) is 11.6 Å². The lowest BCUT2D eigenvalue weighted by atomic mass is 10.1. The number of phenols is 1. The normalized spacial score (nSPS) is 18.1. The highest BCUT2D eigenvalue weighted by atomic mass is 35.5. The van der Waals surface area contributed by atoms with Gasteiger partial charge in [0.2, 0.25) is 5.91 Å². The number of amides is 1. The molecule has 0 bridgehead atoms. The van der Waals surface area contributed by atoms with Crippen molar-refractivity contribution >= 4 is 17.5 Å². The van der Waals surface area contributed by atoms with Crippen molar-refractivity contribution in [2.45, 2.75) is 32.4 Å². The van der Waals surface area contributed by atoms with Crippen LogP contribution >= 0.6 is 11.6 Å². The molecule has 1 aliphatic heterocycles. The summed E-state index contributed by atoms with van der Waals surface area (Å²) in [6, 6.07) is 15.2. The molecule has 0 unspecified atom stereocenters. The molecule has 138 valence electrons. The maximum absolute atomic E-state index is 12.8. The predicted molar refractivity (Wildman–Crippen MR) is 104 cm³/mol. The Morgan fingerprint density at radius 1 is 1.19 bits per heavy atom. The van der Waals surface area contributed by atoms with Crippen LogP contribution in [0.5, 0.6) is 5.75 Å². The summed E-state index contributed by atoms with van der Waals surface area (Å²) in [7, 11) is 0. The van der Waals surface area contributed by atoms with Gasteiger partial charge in [-0.2, -0.15) is 0 Å². The average Bonchev–Trinajstić information content (AvgIpc) is 2.65. The molecule has 1 saturated heterocycles. The highest BCUT2D eigenvalue weighted by Gasteiger charge is 2.29. The number of nitrogens with zero attached hydrogens (tertiary/aromatic N) is 2. The zero-order valence-corrected chi connectivity index (χ0v) is 15.8. The molecule has 26 heavy (non-hydrogen) atoms. The second kappa shape index (κ2) is 8.56. The molecule has 0 aliphatic carbocycles. The largest absolute Gasteiger partial charge is 0.508 e. The Bertz CT molecular complexity index is 751. The number of hydrogen-bond acceptors (Lipinski definition) is 3. The fourth-order valence-electron chi connectivity index (χ4n) is 3.53. The lowest BCUT2D eigenvalue weighted by molar-refractivity contribution is -0.135. The van der Waals surface area contributed by atoms with Crippen LogP contribution in [-0.4, -0.2) is 46.5 Å². The topological polar surface area (TPSA) is 43.8 Å². The van der Waals surface area contributed by atoms with Gasteiger partial charge in [0.25, 0.3) is 0 Å². The summed E-state index contributed by atoms with van der Waals surface area (Å²) in [6.07, 6.45) is 1.37. The summed E-state index contributed by atoms with van der Waals surface area (Å²) in [5.41, 5.74) is 1.88. The molecule has 0 saturated carbocycles. The molecule has 1 aliphatic rings. The second-order valence-corrected chi connectivity index (χ2v) is 7.26. The Balaban J connectivity index is 1.63. The van der Waals surface area contributed by atoms with Crippen LogP contribution < -0.4 is 0 Å². The number of carbonyl (C=O) groups excluding carboxylic acids is 1. The maximum Gasteiger partial charge on any atom is 0.227 e. The fourth-order valence-corrected chi connectivity index (χ4v) is 3.73. The molecular weight excluding hydrogens is 348 g/mol. The minimum atomic E-state index is 0.188. The number of piperazine rings is 1. The quantitative estimate of drug-likeness (QED) is 0.870.